The van der Waals surface area contributed by atoms with E-state index in [1.54, 1.807) is 6.92 Å². The van der Waals surface area contributed by atoms with E-state index < -0.39 is 5.97 Å². The Bertz CT molecular complexity index is 599. The number of nitrogens with zero attached hydrogens (tertiary/aromatic N) is 1. The van der Waals surface area contributed by atoms with Gasteiger partial charge in [-0.25, -0.2) is 14.2 Å². The second kappa shape index (κ2) is 4.83. The lowest BCUT2D eigenvalue weighted by Gasteiger charge is -2.06. The summed E-state index contributed by atoms with van der Waals surface area (Å²) in [6.07, 6.45) is 1.34. The molecule has 1 aromatic carbocycles. The Balaban J connectivity index is 2.25. The number of ether oxygens (including phenoxy) is 1. The molecule has 0 spiro atoms. The van der Waals surface area contributed by atoms with Gasteiger partial charge >= 0.3 is 5.97 Å². The van der Waals surface area contributed by atoms with E-state index in [2.05, 4.69) is 4.98 Å². The lowest BCUT2D eigenvalue weighted by molar-refractivity contribution is 0.0696. The van der Waals surface area contributed by atoms with E-state index in [4.69, 9.17) is 9.84 Å². The number of carboxylic acids is 1. The number of benzene rings is 1. The first-order chi connectivity index (χ1) is 8.56. The van der Waals surface area contributed by atoms with Crippen LogP contribution in [-0.4, -0.2) is 16.1 Å². The third kappa shape index (κ3) is 2.63. The predicted octanol–water partition coefficient (Wildman–Crippen LogP) is 3.02. The number of aromatic carboxylic acids is 1. The molecule has 0 saturated carbocycles. The Kier molecular flexibility index (Phi) is 3.23. The van der Waals surface area contributed by atoms with E-state index in [-0.39, 0.29) is 17.3 Å². The largest absolute Gasteiger partial charge is 0.478 e. The zero-order valence-electron chi connectivity index (χ0n) is 9.55. The van der Waals surface area contributed by atoms with Crippen molar-refractivity contribution in [2.75, 3.05) is 0 Å². The molecule has 18 heavy (non-hydrogen) atoms. The number of hydrogen-bond donors (Lipinski definition) is 1. The molecule has 0 bridgehead atoms. The van der Waals surface area contributed by atoms with Crippen molar-refractivity contribution in [3.8, 4) is 11.6 Å². The summed E-state index contributed by atoms with van der Waals surface area (Å²) in [5.41, 5.74) is 0.528. The van der Waals surface area contributed by atoms with Crippen molar-refractivity contribution in [2.45, 2.75) is 6.92 Å². The summed E-state index contributed by atoms with van der Waals surface area (Å²) in [4.78, 5) is 14.7. The van der Waals surface area contributed by atoms with Crippen LogP contribution in [0.2, 0.25) is 0 Å². The third-order valence-corrected chi connectivity index (χ3v) is 2.33. The minimum absolute atomic E-state index is 0.0823. The first kappa shape index (κ1) is 12.0. The molecule has 5 heteroatoms. The van der Waals surface area contributed by atoms with Crippen LogP contribution in [-0.2, 0) is 0 Å². The summed E-state index contributed by atoms with van der Waals surface area (Å²) in [7, 11) is 0. The van der Waals surface area contributed by atoms with E-state index in [9.17, 15) is 9.18 Å². The van der Waals surface area contributed by atoms with E-state index in [0.29, 0.717) is 11.3 Å². The van der Waals surface area contributed by atoms with Gasteiger partial charge in [0.25, 0.3) is 0 Å². The number of carboxylic acid groups (broad SMARTS) is 1. The fourth-order valence-electron chi connectivity index (χ4n) is 1.40. The molecule has 0 aliphatic heterocycles. The highest BCUT2D eigenvalue weighted by Crippen LogP contribution is 2.22. The molecule has 0 aliphatic carbocycles. The van der Waals surface area contributed by atoms with Gasteiger partial charge in [-0.05, 0) is 36.8 Å². The number of pyridine rings is 1. The molecule has 2 aromatic rings. The van der Waals surface area contributed by atoms with Crippen LogP contribution in [0.1, 0.15) is 15.9 Å². The molecule has 4 nitrogen and oxygen atoms in total. The van der Waals surface area contributed by atoms with Gasteiger partial charge < -0.3 is 9.84 Å². The van der Waals surface area contributed by atoms with Crippen molar-refractivity contribution in [1.82, 2.24) is 4.98 Å². The first-order valence-electron chi connectivity index (χ1n) is 5.19. The minimum atomic E-state index is -1.06. The topological polar surface area (TPSA) is 59.4 Å². The maximum atomic E-state index is 13.1. The maximum absolute atomic E-state index is 13.1. The first-order valence-corrected chi connectivity index (χ1v) is 5.19. The van der Waals surface area contributed by atoms with Crippen LogP contribution in [0.4, 0.5) is 4.39 Å². The van der Waals surface area contributed by atoms with Crippen molar-refractivity contribution >= 4 is 5.97 Å². The molecule has 1 heterocycles. The van der Waals surface area contributed by atoms with Crippen LogP contribution in [0.3, 0.4) is 0 Å². The second-order valence-corrected chi connectivity index (χ2v) is 3.70. The maximum Gasteiger partial charge on any atom is 0.335 e. The molecule has 0 aliphatic rings. The minimum Gasteiger partial charge on any atom is -0.478 e. The lowest BCUT2D eigenvalue weighted by Crippen LogP contribution is -1.97. The van der Waals surface area contributed by atoms with E-state index >= 15 is 0 Å². The Hall–Kier alpha value is -2.43. The zero-order valence-corrected chi connectivity index (χ0v) is 9.55. The number of aromatic nitrogens is 1. The summed E-state index contributed by atoms with van der Waals surface area (Å²) in [5, 5.41) is 8.82. The third-order valence-electron chi connectivity index (χ3n) is 2.33. The van der Waals surface area contributed by atoms with E-state index in [0.717, 1.165) is 0 Å². The fraction of sp³-hybridized carbons (Fsp3) is 0.0769. The zero-order chi connectivity index (χ0) is 13.1. The molecule has 0 atom stereocenters. The van der Waals surface area contributed by atoms with Gasteiger partial charge in [0.2, 0.25) is 5.88 Å². The van der Waals surface area contributed by atoms with Crippen LogP contribution >= 0.6 is 0 Å². The van der Waals surface area contributed by atoms with Crippen molar-refractivity contribution in [1.29, 1.82) is 0 Å². The van der Waals surface area contributed by atoms with Crippen molar-refractivity contribution in [2.24, 2.45) is 0 Å². The molecular weight excluding hydrogens is 237 g/mol. The molecule has 0 fully saturated rings. The monoisotopic (exact) mass is 247 g/mol. The molecule has 2 rings (SSSR count). The van der Waals surface area contributed by atoms with Gasteiger partial charge in [-0.2, -0.15) is 0 Å². The van der Waals surface area contributed by atoms with Crippen LogP contribution in [0, 0.1) is 12.7 Å². The van der Waals surface area contributed by atoms with Gasteiger partial charge in [0.15, 0.2) is 0 Å². The second-order valence-electron chi connectivity index (χ2n) is 3.70. The molecular formula is C13H10FNO3. The average Bonchev–Trinajstić information content (AvgIpc) is 2.34. The van der Waals surface area contributed by atoms with Crippen molar-refractivity contribution < 1.29 is 19.0 Å². The summed E-state index contributed by atoms with van der Waals surface area (Å²) in [5.74, 6) is -0.822. The summed E-state index contributed by atoms with van der Waals surface area (Å²) in [6.45, 7) is 1.61. The average molecular weight is 247 g/mol. The highest BCUT2D eigenvalue weighted by Gasteiger charge is 2.06. The number of rotatable bonds is 3. The lowest BCUT2D eigenvalue weighted by atomic mass is 10.2. The Morgan fingerprint density at radius 3 is 2.78 bits per heavy atom. The van der Waals surface area contributed by atoms with E-state index in [1.165, 1.54) is 36.5 Å². The van der Waals surface area contributed by atoms with Crippen molar-refractivity contribution in [3.63, 3.8) is 0 Å². The van der Waals surface area contributed by atoms with Gasteiger partial charge in [0.1, 0.15) is 11.6 Å². The number of carbonyl (C=O) groups is 1. The summed E-state index contributed by atoms with van der Waals surface area (Å²) >= 11 is 0. The van der Waals surface area contributed by atoms with Gasteiger partial charge in [-0.3, -0.25) is 0 Å². The van der Waals surface area contributed by atoms with Gasteiger partial charge in [0, 0.05) is 12.3 Å². The molecule has 0 saturated heterocycles. The summed E-state index contributed by atoms with van der Waals surface area (Å²) in [6, 6.07) is 6.93. The smallest absolute Gasteiger partial charge is 0.335 e. The molecule has 1 N–H and O–H groups in total. The Morgan fingerprint density at radius 2 is 2.11 bits per heavy atom. The molecule has 0 radical (unpaired) electrons. The van der Waals surface area contributed by atoms with Gasteiger partial charge in [-0.1, -0.05) is 0 Å². The van der Waals surface area contributed by atoms with E-state index in [1.807, 2.05) is 0 Å². The molecule has 0 amide bonds. The molecule has 1 aromatic heterocycles. The highest BCUT2D eigenvalue weighted by molar-refractivity contribution is 5.87. The molecule has 92 valence electrons. The van der Waals surface area contributed by atoms with Gasteiger partial charge in [0.05, 0.1) is 5.56 Å². The number of halogens is 1. The quantitative estimate of drug-likeness (QED) is 0.905. The number of hydrogen-bond acceptors (Lipinski definition) is 3. The van der Waals surface area contributed by atoms with Gasteiger partial charge in [-0.15, -0.1) is 0 Å². The summed E-state index contributed by atoms with van der Waals surface area (Å²) < 4.78 is 18.4. The van der Waals surface area contributed by atoms with Crippen LogP contribution < -0.4 is 4.74 Å². The van der Waals surface area contributed by atoms with Crippen molar-refractivity contribution in [3.05, 3.63) is 53.5 Å². The standard InChI is InChI=1S/C13H10FNO3/c1-8-6-10(2-3-11(8)14)18-12-7-9(13(16)17)4-5-15-12/h2-7H,1H3,(H,16,17). The van der Waals surface area contributed by atoms with Crippen LogP contribution in [0.25, 0.3) is 0 Å². The molecule has 0 unspecified atom stereocenters. The fourth-order valence-corrected chi connectivity index (χ4v) is 1.40. The SMILES string of the molecule is Cc1cc(Oc2cc(C(=O)O)ccn2)ccc1F. The predicted molar refractivity (Wildman–Crippen MR) is 62.4 cm³/mol. The van der Waals surface area contributed by atoms with Crippen LogP contribution in [0.15, 0.2) is 36.5 Å². The normalized spacial score (nSPS) is 10.1. The Labute approximate surface area is 103 Å². The Morgan fingerprint density at radius 1 is 1.33 bits per heavy atom. The van der Waals surface area contributed by atoms with Crippen LogP contribution in [0.5, 0.6) is 11.6 Å². The highest BCUT2D eigenvalue weighted by atomic mass is 19.1. The number of aryl methyl sites for hydroxylation is 1.